The molecule has 3 atom stereocenters. The molecule has 0 aromatic heterocycles. The number of benzene rings is 1. The molecular weight excluding hydrogens is 301 g/mol. The molecule has 2 heterocycles. The number of halogens is 2. The predicted octanol–water partition coefficient (Wildman–Crippen LogP) is 2.73. The summed E-state index contributed by atoms with van der Waals surface area (Å²) in [5.74, 6) is -0.328. The highest BCUT2D eigenvalue weighted by molar-refractivity contribution is 6.36. The monoisotopic (exact) mass is 315 g/mol. The lowest BCUT2D eigenvalue weighted by Gasteiger charge is -2.20. The quantitative estimate of drug-likeness (QED) is 0.688. The van der Waals surface area contributed by atoms with Crippen molar-refractivity contribution in [2.75, 3.05) is 13.7 Å². The number of carbonyl (C=O) groups excluding carboxylic acids is 1. The van der Waals surface area contributed by atoms with Gasteiger partial charge in [-0.2, -0.15) is 0 Å². The molecule has 6 heteroatoms. The van der Waals surface area contributed by atoms with E-state index in [0.29, 0.717) is 16.7 Å². The summed E-state index contributed by atoms with van der Waals surface area (Å²) in [6, 6.07) is 5.04. The van der Waals surface area contributed by atoms with Gasteiger partial charge in [0.1, 0.15) is 0 Å². The zero-order chi connectivity index (χ0) is 14.3. The minimum absolute atomic E-state index is 0.202. The van der Waals surface area contributed by atoms with Crippen LogP contribution in [0.1, 0.15) is 24.4 Å². The Balaban J connectivity index is 1.98. The molecule has 2 fully saturated rings. The van der Waals surface area contributed by atoms with Crippen molar-refractivity contribution in [3.8, 4) is 0 Å². The van der Waals surface area contributed by atoms with Crippen molar-refractivity contribution in [2.24, 2.45) is 0 Å². The number of rotatable bonds is 3. The van der Waals surface area contributed by atoms with E-state index in [1.54, 1.807) is 18.2 Å². The molecule has 1 aromatic rings. The van der Waals surface area contributed by atoms with E-state index >= 15 is 0 Å². The van der Waals surface area contributed by atoms with Crippen molar-refractivity contribution in [2.45, 2.75) is 30.5 Å². The molecular formula is C14H15Cl2NO3. The van der Waals surface area contributed by atoms with Crippen LogP contribution in [0.2, 0.25) is 10.0 Å². The molecule has 0 bridgehead atoms. The minimum Gasteiger partial charge on any atom is -0.468 e. The molecule has 2 saturated heterocycles. The lowest BCUT2D eigenvalue weighted by Crippen LogP contribution is -2.41. The van der Waals surface area contributed by atoms with Crippen molar-refractivity contribution in [3.05, 3.63) is 33.8 Å². The first-order valence-electron chi connectivity index (χ1n) is 6.53. The normalized spacial score (nSPS) is 32.1. The Bertz CT molecular complexity index is 525. The Labute approximate surface area is 127 Å². The van der Waals surface area contributed by atoms with E-state index in [1.807, 2.05) is 0 Å². The van der Waals surface area contributed by atoms with Crippen molar-refractivity contribution < 1.29 is 14.3 Å². The molecule has 1 aromatic carbocycles. The first kappa shape index (κ1) is 14.1. The van der Waals surface area contributed by atoms with Gasteiger partial charge >= 0.3 is 5.97 Å². The lowest BCUT2D eigenvalue weighted by atomic mass is 9.92. The van der Waals surface area contributed by atoms with Gasteiger partial charge in [-0.3, -0.25) is 5.32 Å². The van der Waals surface area contributed by atoms with Crippen molar-refractivity contribution >= 4 is 29.2 Å². The summed E-state index contributed by atoms with van der Waals surface area (Å²) in [4.78, 5) is 12.2. The van der Waals surface area contributed by atoms with Gasteiger partial charge in [-0.1, -0.05) is 29.3 Å². The second kappa shape index (κ2) is 5.19. The van der Waals surface area contributed by atoms with Gasteiger partial charge in [0.15, 0.2) is 5.54 Å². The second-order valence-electron chi connectivity index (χ2n) is 5.07. The molecule has 20 heavy (non-hydrogen) atoms. The second-order valence-corrected chi connectivity index (χ2v) is 5.89. The van der Waals surface area contributed by atoms with Crippen LogP contribution in [0, 0.1) is 0 Å². The Kier molecular flexibility index (Phi) is 3.67. The zero-order valence-corrected chi connectivity index (χ0v) is 12.5. The smallest absolute Gasteiger partial charge is 0.330 e. The highest BCUT2D eigenvalue weighted by Crippen LogP contribution is 2.51. The van der Waals surface area contributed by atoms with Gasteiger partial charge in [-0.25, -0.2) is 4.79 Å². The summed E-state index contributed by atoms with van der Waals surface area (Å²) < 4.78 is 10.6. The summed E-state index contributed by atoms with van der Waals surface area (Å²) in [6.45, 7) is 0.661. The summed E-state index contributed by atoms with van der Waals surface area (Å²) in [5.41, 5.74) is -0.128. The molecule has 0 amide bonds. The molecule has 1 unspecified atom stereocenters. The molecule has 2 aliphatic heterocycles. The largest absolute Gasteiger partial charge is 0.468 e. The lowest BCUT2D eigenvalue weighted by molar-refractivity contribution is -0.147. The first-order chi connectivity index (χ1) is 9.61. The van der Waals surface area contributed by atoms with Crippen molar-refractivity contribution in [1.29, 1.82) is 0 Å². The van der Waals surface area contributed by atoms with E-state index in [9.17, 15) is 4.79 Å². The Morgan fingerprint density at radius 2 is 2.15 bits per heavy atom. The number of nitrogens with one attached hydrogen (secondary N) is 1. The zero-order valence-electron chi connectivity index (χ0n) is 11.0. The van der Waals surface area contributed by atoms with Gasteiger partial charge in [0.05, 0.1) is 19.3 Å². The Morgan fingerprint density at radius 3 is 2.70 bits per heavy atom. The summed E-state index contributed by atoms with van der Waals surface area (Å²) in [7, 11) is 1.38. The average Bonchev–Trinajstić information content (AvgIpc) is 2.93. The maximum Gasteiger partial charge on any atom is 0.330 e. The molecule has 0 spiro atoms. The van der Waals surface area contributed by atoms with Crippen molar-refractivity contribution in [3.63, 3.8) is 0 Å². The van der Waals surface area contributed by atoms with Gasteiger partial charge in [-0.15, -0.1) is 0 Å². The van der Waals surface area contributed by atoms with Gasteiger partial charge in [0, 0.05) is 22.2 Å². The number of hydrogen-bond donors (Lipinski definition) is 1. The van der Waals surface area contributed by atoms with Crippen LogP contribution in [0.25, 0.3) is 0 Å². The van der Waals surface area contributed by atoms with E-state index in [4.69, 9.17) is 32.7 Å². The third kappa shape index (κ3) is 2.02. The highest BCUT2D eigenvalue weighted by Gasteiger charge is 2.67. The van der Waals surface area contributed by atoms with Gasteiger partial charge in [0.25, 0.3) is 0 Å². The fourth-order valence-electron chi connectivity index (χ4n) is 2.98. The Morgan fingerprint density at radius 1 is 1.45 bits per heavy atom. The van der Waals surface area contributed by atoms with E-state index in [-0.39, 0.29) is 18.1 Å². The average molecular weight is 316 g/mol. The first-order valence-corrected chi connectivity index (χ1v) is 7.28. The van der Waals surface area contributed by atoms with E-state index < -0.39 is 5.54 Å². The van der Waals surface area contributed by atoms with Crippen LogP contribution in [-0.4, -0.2) is 31.3 Å². The van der Waals surface area contributed by atoms with E-state index in [2.05, 4.69) is 5.32 Å². The van der Waals surface area contributed by atoms with E-state index in [1.165, 1.54) is 7.11 Å². The predicted molar refractivity (Wildman–Crippen MR) is 76.1 cm³/mol. The molecule has 1 N–H and O–H groups in total. The van der Waals surface area contributed by atoms with Crippen LogP contribution < -0.4 is 5.32 Å². The fraction of sp³-hybridized carbons (Fsp3) is 0.500. The standard InChI is InChI=1S/C14H15Cl2NO3/c1-19-13(18)14(10-6-3-7-20-10)12(17-14)11-8(15)4-2-5-9(11)16/h2,4-5,10,12,17H,3,6-7H2,1H3/t10-,12?,14-/m0/s1. The fourth-order valence-corrected chi connectivity index (χ4v) is 3.59. The van der Waals surface area contributed by atoms with Gasteiger partial charge in [-0.05, 0) is 25.0 Å². The van der Waals surface area contributed by atoms with Crippen molar-refractivity contribution in [1.82, 2.24) is 5.32 Å². The Hall–Kier alpha value is -0.810. The number of carbonyl (C=O) groups is 1. The number of methoxy groups -OCH3 is 1. The number of esters is 1. The highest BCUT2D eigenvalue weighted by atomic mass is 35.5. The number of hydrogen-bond acceptors (Lipinski definition) is 4. The van der Waals surface area contributed by atoms with Crippen LogP contribution in [0.4, 0.5) is 0 Å². The van der Waals surface area contributed by atoms with E-state index in [0.717, 1.165) is 18.4 Å². The minimum atomic E-state index is -0.861. The van der Waals surface area contributed by atoms with Crippen LogP contribution in [-0.2, 0) is 14.3 Å². The molecule has 4 nitrogen and oxygen atoms in total. The van der Waals surface area contributed by atoms with Crippen LogP contribution in [0.5, 0.6) is 0 Å². The number of ether oxygens (including phenoxy) is 2. The third-order valence-corrected chi connectivity index (χ3v) is 4.66. The molecule has 108 valence electrons. The van der Waals surface area contributed by atoms with Gasteiger partial charge < -0.3 is 9.47 Å². The molecule has 0 aliphatic carbocycles. The van der Waals surface area contributed by atoms with Crippen LogP contribution in [0.15, 0.2) is 18.2 Å². The molecule has 0 saturated carbocycles. The summed E-state index contributed by atoms with van der Waals surface area (Å²) >= 11 is 12.5. The topological polar surface area (TPSA) is 57.5 Å². The summed E-state index contributed by atoms with van der Waals surface area (Å²) in [6.07, 6.45) is 1.56. The maximum atomic E-state index is 12.2. The van der Waals surface area contributed by atoms with Crippen LogP contribution >= 0.6 is 23.2 Å². The van der Waals surface area contributed by atoms with Crippen LogP contribution in [0.3, 0.4) is 0 Å². The SMILES string of the molecule is COC(=O)[C@@]1([C@@H]2CCCO2)NC1c1c(Cl)cccc1Cl. The summed E-state index contributed by atoms with van der Waals surface area (Å²) in [5, 5.41) is 4.29. The van der Waals surface area contributed by atoms with Gasteiger partial charge in [0.2, 0.25) is 0 Å². The maximum absolute atomic E-state index is 12.2. The molecule has 2 aliphatic rings. The third-order valence-electron chi connectivity index (χ3n) is 4.00. The molecule has 3 rings (SSSR count). The molecule has 0 radical (unpaired) electrons.